The average Bonchev–Trinajstić information content (AvgIpc) is 3.46. The normalized spacial score (nSPS) is 11.2. The van der Waals surface area contributed by atoms with Gasteiger partial charge in [0.25, 0.3) is 21.6 Å². The van der Waals surface area contributed by atoms with Gasteiger partial charge in [-0.1, -0.05) is 11.6 Å². The van der Waals surface area contributed by atoms with Crippen LogP contribution in [0.25, 0.3) is 11.3 Å². The van der Waals surface area contributed by atoms with Crippen molar-refractivity contribution in [1.29, 1.82) is 0 Å². The number of benzene rings is 2. The molecule has 4 rings (SSSR count). The van der Waals surface area contributed by atoms with E-state index in [1.54, 1.807) is 0 Å². The molecule has 0 radical (unpaired) electrons. The van der Waals surface area contributed by atoms with Crippen LogP contribution in [0.15, 0.2) is 75.6 Å². The van der Waals surface area contributed by atoms with Gasteiger partial charge in [-0.05, 0) is 42.5 Å². The van der Waals surface area contributed by atoms with Gasteiger partial charge in [-0.25, -0.2) is 8.42 Å². The fourth-order valence-corrected chi connectivity index (χ4v) is 4.87. The summed E-state index contributed by atoms with van der Waals surface area (Å²) < 4.78 is 32.7. The molecule has 2 heterocycles. The highest BCUT2D eigenvalue weighted by molar-refractivity contribution is 7.93. The number of rotatable bonds is 7. The number of nitrogens with one attached hydrogen (secondary N) is 2. The fraction of sp³-hybridized carbons (Fsp3) is 0. The smallest absolute Gasteiger partial charge is 0.291 e. The van der Waals surface area contributed by atoms with E-state index in [-0.39, 0.29) is 27.1 Å². The Hall–Kier alpha value is -3.74. The number of hydrogen-bond acceptors (Lipinski definition) is 8. The molecule has 0 saturated heterocycles. The van der Waals surface area contributed by atoms with E-state index in [1.807, 2.05) is 0 Å². The van der Waals surface area contributed by atoms with Gasteiger partial charge in [-0.15, -0.1) is 11.3 Å². The van der Waals surface area contributed by atoms with Crippen LogP contribution in [0, 0.1) is 10.1 Å². The molecule has 1 amide bonds. The maximum absolute atomic E-state index is 12.5. The summed E-state index contributed by atoms with van der Waals surface area (Å²) >= 11 is 7.25. The zero-order chi connectivity index (χ0) is 23.6. The summed E-state index contributed by atoms with van der Waals surface area (Å²) in [5.74, 6) is -0.337. The molecule has 2 aromatic heterocycles. The van der Waals surface area contributed by atoms with E-state index in [2.05, 4.69) is 15.0 Å². The Morgan fingerprint density at radius 2 is 1.88 bits per heavy atom. The van der Waals surface area contributed by atoms with Crippen LogP contribution in [-0.4, -0.2) is 24.2 Å². The second-order valence-corrected chi connectivity index (χ2v) is 9.51. The maximum Gasteiger partial charge on any atom is 0.291 e. The fourth-order valence-electron chi connectivity index (χ4n) is 2.79. The predicted molar refractivity (Wildman–Crippen MR) is 123 cm³/mol. The van der Waals surface area contributed by atoms with Crippen molar-refractivity contribution in [2.75, 3.05) is 10.0 Å². The minimum atomic E-state index is -3.79. The first kappa shape index (κ1) is 22.5. The van der Waals surface area contributed by atoms with Gasteiger partial charge >= 0.3 is 0 Å². The summed E-state index contributed by atoms with van der Waals surface area (Å²) in [6, 6.07) is 12.4. The van der Waals surface area contributed by atoms with Crippen LogP contribution in [0.5, 0.6) is 0 Å². The first-order valence-corrected chi connectivity index (χ1v) is 11.8. The second kappa shape index (κ2) is 9.02. The van der Waals surface area contributed by atoms with Crippen LogP contribution in [0.3, 0.4) is 0 Å². The van der Waals surface area contributed by atoms with Crippen molar-refractivity contribution in [3.05, 3.63) is 87.2 Å². The lowest BCUT2D eigenvalue weighted by Crippen LogP contribution is -2.13. The number of anilines is 2. The summed E-state index contributed by atoms with van der Waals surface area (Å²) in [5.41, 5.74) is 2.08. The van der Waals surface area contributed by atoms with Gasteiger partial charge < -0.3 is 9.73 Å². The first-order valence-electron chi connectivity index (χ1n) is 9.10. The van der Waals surface area contributed by atoms with Gasteiger partial charge in [-0.2, -0.15) is 0 Å². The Morgan fingerprint density at radius 3 is 2.52 bits per heavy atom. The zero-order valence-electron chi connectivity index (χ0n) is 16.4. The number of sulfonamides is 1. The van der Waals surface area contributed by atoms with Crippen LogP contribution in [0.1, 0.15) is 10.6 Å². The third-order valence-electron chi connectivity index (χ3n) is 4.35. The molecule has 0 spiro atoms. The minimum Gasteiger partial charge on any atom is -0.451 e. The zero-order valence-corrected chi connectivity index (χ0v) is 18.8. The number of nitrogens with zero attached hydrogens (tertiary/aromatic N) is 2. The first-order chi connectivity index (χ1) is 15.7. The summed E-state index contributed by atoms with van der Waals surface area (Å²) in [5, 5.41) is 13.9. The van der Waals surface area contributed by atoms with Gasteiger partial charge in [0, 0.05) is 23.4 Å². The number of hydrogen-bond donors (Lipinski definition) is 2. The van der Waals surface area contributed by atoms with E-state index in [4.69, 9.17) is 16.0 Å². The summed E-state index contributed by atoms with van der Waals surface area (Å²) in [7, 11) is -3.79. The number of carbonyl (C=O) groups excluding carboxylic acids is 1. The molecule has 10 nitrogen and oxygen atoms in total. The lowest BCUT2D eigenvalue weighted by atomic mass is 10.1. The SMILES string of the molecule is O=C(Nc1ccc(S(=O)(=O)Nc2cncs2)cc1)c1ccc(-c2ccc([N+](=O)[O-])cc2Cl)o1. The van der Waals surface area contributed by atoms with Crippen LogP contribution >= 0.6 is 22.9 Å². The maximum atomic E-state index is 12.5. The molecule has 0 unspecified atom stereocenters. The highest BCUT2D eigenvalue weighted by Crippen LogP contribution is 2.32. The number of non-ortho nitro benzene ring substituents is 1. The molecule has 0 aliphatic rings. The molecule has 0 aliphatic heterocycles. The van der Waals surface area contributed by atoms with Crippen molar-refractivity contribution >= 4 is 55.2 Å². The van der Waals surface area contributed by atoms with E-state index in [9.17, 15) is 23.3 Å². The summed E-state index contributed by atoms with van der Waals surface area (Å²) in [6.45, 7) is 0. The van der Waals surface area contributed by atoms with Crippen molar-refractivity contribution < 1.29 is 22.6 Å². The molecule has 168 valence electrons. The van der Waals surface area contributed by atoms with Crippen molar-refractivity contribution in [3.63, 3.8) is 0 Å². The van der Waals surface area contributed by atoms with Crippen molar-refractivity contribution in [1.82, 2.24) is 4.98 Å². The molecule has 0 bridgehead atoms. The van der Waals surface area contributed by atoms with Crippen LogP contribution < -0.4 is 10.0 Å². The largest absolute Gasteiger partial charge is 0.451 e. The van der Waals surface area contributed by atoms with Crippen molar-refractivity contribution in [2.24, 2.45) is 0 Å². The number of carbonyl (C=O) groups is 1. The Morgan fingerprint density at radius 1 is 1.12 bits per heavy atom. The third-order valence-corrected chi connectivity index (χ3v) is 6.86. The number of nitro benzene ring substituents is 1. The molecular weight excluding hydrogens is 492 g/mol. The topological polar surface area (TPSA) is 144 Å². The molecule has 33 heavy (non-hydrogen) atoms. The molecule has 0 aliphatic carbocycles. The Kier molecular flexibility index (Phi) is 6.14. The predicted octanol–water partition coefficient (Wildman–Crippen LogP) is 5.02. The molecule has 2 aromatic carbocycles. The van der Waals surface area contributed by atoms with Gasteiger partial charge in [0.15, 0.2) is 5.76 Å². The average molecular weight is 505 g/mol. The second-order valence-electron chi connectivity index (χ2n) is 6.53. The number of aromatic nitrogens is 1. The van der Waals surface area contributed by atoms with E-state index < -0.39 is 20.9 Å². The van der Waals surface area contributed by atoms with E-state index in [0.717, 1.165) is 11.3 Å². The van der Waals surface area contributed by atoms with E-state index in [1.165, 1.54) is 66.3 Å². The third kappa shape index (κ3) is 5.03. The molecule has 0 fully saturated rings. The van der Waals surface area contributed by atoms with Gasteiger partial charge in [-0.3, -0.25) is 24.6 Å². The number of halogens is 1. The molecule has 13 heteroatoms. The number of amides is 1. The van der Waals surface area contributed by atoms with Crippen LogP contribution in [0.4, 0.5) is 16.4 Å². The Balaban J connectivity index is 1.46. The number of thiazole rings is 1. The van der Waals surface area contributed by atoms with Gasteiger partial charge in [0.2, 0.25) is 0 Å². The number of nitro groups is 1. The molecular formula is C20H13ClN4O6S2. The Bertz CT molecular complexity index is 1430. The summed E-state index contributed by atoms with van der Waals surface area (Å²) in [4.78, 5) is 26.6. The van der Waals surface area contributed by atoms with E-state index in [0.29, 0.717) is 16.3 Å². The molecule has 4 aromatic rings. The molecule has 0 saturated carbocycles. The lowest BCUT2D eigenvalue weighted by molar-refractivity contribution is -0.384. The van der Waals surface area contributed by atoms with Gasteiger partial charge in [0.05, 0.1) is 26.5 Å². The lowest BCUT2D eigenvalue weighted by Gasteiger charge is -2.07. The van der Waals surface area contributed by atoms with Crippen molar-refractivity contribution in [3.8, 4) is 11.3 Å². The van der Waals surface area contributed by atoms with Crippen LogP contribution in [0.2, 0.25) is 5.02 Å². The van der Waals surface area contributed by atoms with E-state index >= 15 is 0 Å². The minimum absolute atomic E-state index is 0.0157. The number of furan rings is 1. The quantitative estimate of drug-likeness (QED) is 0.265. The monoisotopic (exact) mass is 504 g/mol. The molecule has 2 N–H and O–H groups in total. The van der Waals surface area contributed by atoms with Crippen LogP contribution in [-0.2, 0) is 10.0 Å². The highest BCUT2D eigenvalue weighted by atomic mass is 35.5. The standard InChI is InChI=1S/C20H13ClN4O6S2/c21-16-9-13(25(27)28)3-6-15(16)17-7-8-18(31-17)20(26)23-12-1-4-14(5-2-12)33(29,30)24-19-10-22-11-32-19/h1-11,24H,(H,23,26). The Labute approximate surface area is 196 Å². The van der Waals surface area contributed by atoms with Gasteiger partial charge in [0.1, 0.15) is 10.8 Å². The van der Waals surface area contributed by atoms with Crippen molar-refractivity contribution in [2.45, 2.75) is 4.90 Å². The highest BCUT2D eigenvalue weighted by Gasteiger charge is 2.18. The molecule has 0 atom stereocenters. The summed E-state index contributed by atoms with van der Waals surface area (Å²) in [6.07, 6.45) is 1.40.